The highest BCUT2D eigenvalue weighted by atomic mass is 35.5. The Morgan fingerprint density at radius 1 is 1.33 bits per heavy atom. The fraction of sp³-hybridized carbons (Fsp3) is 0.263. The van der Waals surface area contributed by atoms with Crippen molar-refractivity contribution in [2.75, 3.05) is 20.2 Å². The van der Waals surface area contributed by atoms with Gasteiger partial charge >= 0.3 is 0 Å². The van der Waals surface area contributed by atoms with Gasteiger partial charge in [-0.15, -0.1) is 0 Å². The molecule has 3 heterocycles. The number of rotatable bonds is 0. The van der Waals surface area contributed by atoms with Crippen LogP contribution in [0.25, 0.3) is 11.3 Å². The summed E-state index contributed by atoms with van der Waals surface area (Å²) in [5.41, 5.74) is 2.65. The van der Waals surface area contributed by atoms with Crippen molar-refractivity contribution in [3.8, 4) is 11.6 Å². The normalized spacial score (nSPS) is 17.6. The zero-order valence-electron chi connectivity index (χ0n) is 14.9. The molecule has 0 saturated heterocycles. The van der Waals surface area contributed by atoms with Gasteiger partial charge in [0, 0.05) is 25.0 Å². The van der Waals surface area contributed by atoms with Crippen molar-refractivity contribution in [1.29, 1.82) is 0 Å². The van der Waals surface area contributed by atoms with Gasteiger partial charge in [-0.05, 0) is 19.1 Å². The van der Waals surface area contributed by atoms with E-state index in [0.29, 0.717) is 36.0 Å². The van der Waals surface area contributed by atoms with E-state index in [0.717, 1.165) is 11.3 Å². The number of hydrogen-bond acceptors (Lipinski definition) is 5. The van der Waals surface area contributed by atoms with Gasteiger partial charge < -0.3 is 14.4 Å². The summed E-state index contributed by atoms with van der Waals surface area (Å²) in [6.45, 7) is 6.86. The van der Waals surface area contributed by atoms with Crippen molar-refractivity contribution in [3.63, 3.8) is 0 Å². The highest BCUT2D eigenvalue weighted by Crippen LogP contribution is 2.36. The van der Waals surface area contributed by atoms with E-state index in [1.165, 1.54) is 6.07 Å². The molecule has 3 aromatic rings. The molecule has 1 atom stereocenters. The molecule has 0 spiro atoms. The van der Waals surface area contributed by atoms with Crippen LogP contribution in [0.1, 0.15) is 24.2 Å². The van der Waals surface area contributed by atoms with Crippen molar-refractivity contribution in [2.45, 2.75) is 13.0 Å². The number of fused-ring (bicyclic) bond motifs is 2. The fourth-order valence-corrected chi connectivity index (χ4v) is 3.36. The van der Waals surface area contributed by atoms with Crippen molar-refractivity contribution in [3.05, 3.63) is 59.1 Å². The van der Waals surface area contributed by atoms with E-state index in [2.05, 4.69) is 16.7 Å². The summed E-state index contributed by atoms with van der Waals surface area (Å²) in [5.74, 6) is 0.333. The van der Waals surface area contributed by atoms with Gasteiger partial charge in [0.05, 0.1) is 28.9 Å². The Labute approximate surface area is 160 Å². The van der Waals surface area contributed by atoms with Gasteiger partial charge in [-0.3, -0.25) is 0 Å². The molecule has 8 heteroatoms. The second kappa shape index (κ2) is 6.74. The van der Waals surface area contributed by atoms with Crippen molar-refractivity contribution in [2.24, 2.45) is 0 Å². The third-order valence-corrected chi connectivity index (χ3v) is 4.98. The lowest BCUT2D eigenvalue weighted by Gasteiger charge is -2.22. The smallest absolute Gasteiger partial charge is 0.217 e. The van der Waals surface area contributed by atoms with Crippen LogP contribution in [0, 0.1) is 5.82 Å². The first-order valence-electron chi connectivity index (χ1n) is 8.48. The monoisotopic (exact) mass is 388 g/mol. The summed E-state index contributed by atoms with van der Waals surface area (Å²) in [6, 6.07) is 4.55. The summed E-state index contributed by atoms with van der Waals surface area (Å²) >= 11 is 6.22. The van der Waals surface area contributed by atoms with Gasteiger partial charge in [0.15, 0.2) is 5.65 Å². The Morgan fingerprint density at radius 2 is 2.15 bits per heavy atom. The summed E-state index contributed by atoms with van der Waals surface area (Å²) in [4.78, 5) is 6.51. The van der Waals surface area contributed by atoms with E-state index in [9.17, 15) is 4.39 Å². The predicted molar refractivity (Wildman–Crippen MR) is 101 cm³/mol. The molecule has 0 N–H and O–H groups in total. The van der Waals surface area contributed by atoms with Crippen molar-refractivity contribution >= 4 is 22.9 Å². The molecule has 0 amide bonds. The quantitative estimate of drug-likeness (QED) is 0.583. The Kier molecular flexibility index (Phi) is 4.39. The van der Waals surface area contributed by atoms with Crippen molar-refractivity contribution in [1.82, 2.24) is 19.5 Å². The lowest BCUT2D eigenvalue weighted by molar-refractivity contribution is 0.206. The van der Waals surface area contributed by atoms with E-state index >= 15 is 0 Å². The number of likely N-dealkylation sites (N-methyl/N-ethyl adjacent to an activating group) is 1. The van der Waals surface area contributed by atoms with Crippen LogP contribution in [0.3, 0.4) is 0 Å². The molecule has 6 nitrogen and oxygen atoms in total. The van der Waals surface area contributed by atoms with E-state index < -0.39 is 11.9 Å². The molecule has 2 aromatic heterocycles. The predicted octanol–water partition coefficient (Wildman–Crippen LogP) is 3.96. The summed E-state index contributed by atoms with van der Waals surface area (Å²) < 4.78 is 27.5. The SMILES string of the molecule is C=C1c2cnn3ccc(nc23)O[C@H](C)c2c(ccc(F)c2Cl)OCCN1C. The number of nitrogens with zero attached hydrogens (tertiary/aromatic N) is 4. The average Bonchev–Trinajstić information content (AvgIpc) is 3.06. The number of aromatic nitrogens is 3. The maximum atomic E-state index is 14.0. The first kappa shape index (κ1) is 17.6. The zero-order valence-corrected chi connectivity index (χ0v) is 15.7. The molecule has 4 rings (SSSR count). The Balaban J connectivity index is 1.85. The first-order chi connectivity index (χ1) is 13.0. The fourth-order valence-electron chi connectivity index (χ4n) is 3.05. The van der Waals surface area contributed by atoms with E-state index in [1.54, 1.807) is 36.0 Å². The molecule has 1 aliphatic heterocycles. The Morgan fingerprint density at radius 3 is 2.96 bits per heavy atom. The van der Waals surface area contributed by atoms with Gasteiger partial charge in [-0.1, -0.05) is 18.2 Å². The lowest BCUT2D eigenvalue weighted by atomic mass is 10.1. The van der Waals surface area contributed by atoms with Crippen LogP contribution in [0.15, 0.2) is 37.2 Å². The number of hydrogen-bond donors (Lipinski definition) is 0. The van der Waals surface area contributed by atoms with Gasteiger partial charge in [-0.25, -0.2) is 8.91 Å². The van der Waals surface area contributed by atoms with Crippen LogP contribution in [-0.4, -0.2) is 39.7 Å². The highest BCUT2D eigenvalue weighted by Gasteiger charge is 2.22. The van der Waals surface area contributed by atoms with Gasteiger partial charge in [0.25, 0.3) is 0 Å². The molecule has 0 fully saturated rings. The lowest BCUT2D eigenvalue weighted by Crippen LogP contribution is -2.23. The topological polar surface area (TPSA) is 51.9 Å². The molecule has 0 unspecified atom stereocenters. The van der Waals surface area contributed by atoms with E-state index in [1.807, 2.05) is 11.9 Å². The second-order valence-corrected chi connectivity index (χ2v) is 6.72. The van der Waals surface area contributed by atoms with Crippen LogP contribution >= 0.6 is 11.6 Å². The molecule has 0 aliphatic carbocycles. The molecule has 0 saturated carbocycles. The molecular weight excluding hydrogens is 371 g/mol. The van der Waals surface area contributed by atoms with Crippen LogP contribution < -0.4 is 9.47 Å². The van der Waals surface area contributed by atoms with Crippen LogP contribution in [0.2, 0.25) is 5.02 Å². The molecule has 27 heavy (non-hydrogen) atoms. The Hall–Kier alpha value is -2.80. The highest BCUT2D eigenvalue weighted by molar-refractivity contribution is 6.31. The molecular formula is C19H18ClFN4O2. The summed E-state index contributed by atoms with van der Waals surface area (Å²) in [7, 11) is 1.91. The minimum Gasteiger partial charge on any atom is -0.491 e. The van der Waals surface area contributed by atoms with Gasteiger partial charge in [0.1, 0.15) is 24.3 Å². The van der Waals surface area contributed by atoms with Gasteiger partial charge in [0.2, 0.25) is 5.88 Å². The van der Waals surface area contributed by atoms with Crippen LogP contribution in [0.4, 0.5) is 4.39 Å². The third kappa shape index (κ3) is 3.08. The Bertz CT molecular complexity index is 1040. The molecule has 1 aliphatic rings. The summed E-state index contributed by atoms with van der Waals surface area (Å²) in [5, 5.41) is 4.29. The zero-order chi connectivity index (χ0) is 19.1. The van der Waals surface area contributed by atoms with Crippen molar-refractivity contribution < 1.29 is 13.9 Å². The minimum atomic E-state index is -0.564. The average molecular weight is 389 g/mol. The first-order valence-corrected chi connectivity index (χ1v) is 8.85. The number of ether oxygens (including phenoxy) is 2. The molecule has 2 bridgehead atoms. The minimum absolute atomic E-state index is 0.0150. The maximum Gasteiger partial charge on any atom is 0.217 e. The third-order valence-electron chi connectivity index (χ3n) is 4.60. The molecule has 0 radical (unpaired) electrons. The largest absolute Gasteiger partial charge is 0.491 e. The standard InChI is InChI=1S/C19H18ClFN4O2/c1-11-13-10-22-25-7-6-16(23-19(13)25)27-12(2)17-15(26-9-8-24(11)3)5-4-14(21)18(17)20/h4-7,10,12H,1,8-9H2,2-3H3/t12-/m1/s1. The van der Waals surface area contributed by atoms with E-state index in [4.69, 9.17) is 21.1 Å². The summed E-state index contributed by atoms with van der Waals surface area (Å²) in [6.07, 6.45) is 2.91. The van der Waals surface area contributed by atoms with Gasteiger partial charge in [-0.2, -0.15) is 10.1 Å². The maximum absolute atomic E-state index is 14.0. The molecule has 1 aromatic carbocycles. The molecule has 140 valence electrons. The second-order valence-electron chi connectivity index (χ2n) is 6.34. The number of halogens is 2. The number of benzene rings is 1. The van der Waals surface area contributed by atoms with E-state index in [-0.39, 0.29) is 5.02 Å². The van der Waals surface area contributed by atoms with Crippen LogP contribution in [-0.2, 0) is 0 Å². The van der Waals surface area contributed by atoms with Crippen LogP contribution in [0.5, 0.6) is 11.6 Å².